The summed E-state index contributed by atoms with van der Waals surface area (Å²) in [6, 6.07) is 135. The van der Waals surface area contributed by atoms with Crippen molar-refractivity contribution in [2.45, 2.75) is 39.5 Å². The van der Waals surface area contributed by atoms with Crippen LogP contribution >= 0.6 is 0 Å². The molecule has 9 nitrogen and oxygen atoms in total. The SMILES string of the molecule is CC(C)c1ccnc(-c2[c-]c3c4cccc5c6ccccc6n(c45)c3c3c2oc2ccccc23)c1.[2H]C(C)(C)c1ccnc(-c2[c-]cc3c(c2)c2cccc4c5ccccc5n3c24)c1.[Ir].[Ir].[Ir].[Ir].[c-]1ccc(-c2ccccc2)cc1-c1ccccn1.[c-]1ccccc1-c1ccccn1.[c-]1ccccc1-c1ccccn1.[c-]1ccccc1-c1ccccn1. The molecule has 4 radical (unpaired) electrons. The van der Waals surface area contributed by atoms with Crippen LogP contribution in [0, 0.1) is 36.4 Å². The number of para-hydroxylation sites is 5. The molecule has 0 aliphatic carbocycles. The van der Waals surface area contributed by atoms with Gasteiger partial charge < -0.3 is 38.1 Å². The van der Waals surface area contributed by atoms with E-state index in [0.717, 1.165) is 111 Å². The maximum atomic E-state index is 8.33. The Balaban J connectivity index is 0.000000126. The second-order valence-corrected chi connectivity index (χ2v) is 28.9. The normalized spacial score (nSPS) is 11.1. The zero-order valence-electron chi connectivity index (χ0n) is 67.2. The molecule has 0 aliphatic rings. The van der Waals surface area contributed by atoms with Crippen molar-refractivity contribution < 1.29 is 86.2 Å². The third kappa shape index (κ3) is 17.8. The summed E-state index contributed by atoms with van der Waals surface area (Å²) in [6.07, 6.45) is 10.9. The maximum absolute atomic E-state index is 8.33. The molecule has 11 aromatic heterocycles. The zero-order valence-corrected chi connectivity index (χ0v) is 75.8. The van der Waals surface area contributed by atoms with Gasteiger partial charge in [-0.3, -0.25) is 4.98 Å². The van der Waals surface area contributed by atoms with Gasteiger partial charge in [0.25, 0.3) is 0 Å². The Morgan fingerprint density at radius 2 is 0.744 bits per heavy atom. The average molecular weight is 2270 g/mol. The molecular weight excluding hydrogens is 2190 g/mol. The summed E-state index contributed by atoms with van der Waals surface area (Å²) in [6.45, 7) is 8.22. The second kappa shape index (κ2) is 39.2. The van der Waals surface area contributed by atoms with Crippen molar-refractivity contribution in [3.05, 3.63) is 424 Å². The first kappa shape index (κ1) is 83.6. The Morgan fingerprint density at radius 1 is 0.306 bits per heavy atom. The van der Waals surface area contributed by atoms with Crippen molar-refractivity contribution in [1.82, 2.24) is 38.7 Å². The minimum atomic E-state index is -0.655. The molecule has 121 heavy (non-hydrogen) atoms. The average Bonchev–Trinajstić information content (AvgIpc) is 1.52. The molecule has 13 heteroatoms. The van der Waals surface area contributed by atoms with Crippen LogP contribution in [0.4, 0.5) is 0 Å². The smallest absolute Gasteiger partial charge is 0.123 e. The van der Waals surface area contributed by atoms with Gasteiger partial charge in [0.15, 0.2) is 0 Å². The first-order valence-electron chi connectivity index (χ1n) is 39.6. The summed E-state index contributed by atoms with van der Waals surface area (Å²) in [7, 11) is 0. The summed E-state index contributed by atoms with van der Waals surface area (Å²) >= 11 is 0. The van der Waals surface area contributed by atoms with Gasteiger partial charge in [-0.05, 0) is 128 Å². The number of aromatic nitrogens is 8. The van der Waals surface area contributed by atoms with Crippen molar-refractivity contribution in [2.75, 3.05) is 0 Å². The summed E-state index contributed by atoms with van der Waals surface area (Å²) in [5, 5.41) is 12.1. The Kier molecular flexibility index (Phi) is 27.1. The van der Waals surface area contributed by atoms with Crippen LogP contribution in [0.3, 0.4) is 0 Å². The molecule has 0 N–H and O–H groups in total. The molecule has 11 heterocycles. The van der Waals surface area contributed by atoms with Gasteiger partial charge in [-0.2, -0.15) is 0 Å². The number of fused-ring (bicyclic) bond motifs is 16. The van der Waals surface area contributed by atoms with E-state index in [1.807, 2.05) is 208 Å². The van der Waals surface area contributed by atoms with Crippen LogP contribution in [-0.2, 0) is 80.4 Å². The van der Waals surface area contributed by atoms with Gasteiger partial charge in [0.05, 0.1) is 11.1 Å². The number of furan rings is 1. The molecule has 0 saturated heterocycles. The van der Waals surface area contributed by atoms with Crippen LogP contribution in [0.15, 0.2) is 381 Å². The molecule has 0 unspecified atom stereocenters. The zero-order chi connectivity index (χ0) is 79.9. The Hall–Kier alpha value is -12.5. The van der Waals surface area contributed by atoms with E-state index in [1.165, 1.54) is 76.5 Å². The number of hydrogen-bond donors (Lipinski definition) is 0. The van der Waals surface area contributed by atoms with Crippen molar-refractivity contribution >= 4 is 98.1 Å². The predicted molar refractivity (Wildman–Crippen MR) is 481 cm³/mol. The molecule has 0 amide bonds. The summed E-state index contributed by atoms with van der Waals surface area (Å²) < 4.78 is 19.7. The van der Waals surface area contributed by atoms with E-state index < -0.39 is 5.89 Å². The van der Waals surface area contributed by atoms with E-state index in [9.17, 15) is 0 Å². The molecule has 23 aromatic rings. The molecule has 0 bridgehead atoms. The van der Waals surface area contributed by atoms with Gasteiger partial charge in [0, 0.05) is 168 Å². The van der Waals surface area contributed by atoms with Crippen LogP contribution < -0.4 is 0 Å². The molecular formula is C108H76Ir4N8O-6. The minimum Gasteiger partial charge on any atom is -0.491 e. The topological polar surface area (TPSA) is 99.3 Å². The summed E-state index contributed by atoms with van der Waals surface area (Å²) in [5.74, 6) is -0.240. The minimum absolute atomic E-state index is 0. The van der Waals surface area contributed by atoms with E-state index in [4.69, 9.17) is 10.8 Å². The molecule has 0 spiro atoms. The van der Waals surface area contributed by atoms with Crippen molar-refractivity contribution in [3.8, 4) is 78.7 Å². The quantitative estimate of drug-likeness (QED) is 0.133. The van der Waals surface area contributed by atoms with E-state index in [1.54, 1.807) is 31.0 Å². The third-order valence-electron chi connectivity index (χ3n) is 21.0. The van der Waals surface area contributed by atoms with Crippen LogP contribution in [0.25, 0.3) is 177 Å². The summed E-state index contributed by atoms with van der Waals surface area (Å²) in [5.41, 5.74) is 25.3. The molecule has 0 saturated carbocycles. The van der Waals surface area contributed by atoms with Gasteiger partial charge in [-0.15, -0.1) is 173 Å². The van der Waals surface area contributed by atoms with Gasteiger partial charge >= 0.3 is 0 Å². The van der Waals surface area contributed by atoms with Crippen LogP contribution in [-0.4, -0.2) is 38.7 Å². The van der Waals surface area contributed by atoms with Gasteiger partial charge in [0.2, 0.25) is 0 Å². The number of nitrogens with zero attached hydrogens (tertiary/aromatic N) is 8. The van der Waals surface area contributed by atoms with Crippen LogP contribution in [0.1, 0.15) is 52.0 Å². The second-order valence-electron chi connectivity index (χ2n) is 28.9. The number of benzene rings is 12. The standard InChI is InChI=1S/C32H21N2O.C26H19N2.C17H12N.3C11H8N.4Ir/c1-18(2)19-14-15-33-26(16-19)25-17-24-22-11-7-10-21-20-8-3-5-12-27(20)34(30(21)22)31(24)29-23-9-4-6-13-28(23)35-32(25)29;1-16(2)17-12-13-27-23(15-17)18-10-11-25-22(14-18)21-8-5-7-20-19-6-3-4-9-24(19)28(25)26(20)21;1-2-7-14(8-3-1)15-9-6-10-16(13-15)17-11-4-5-12-18-17;3*1-2-6-10(7-3-1)11-8-4-5-9-12-11;;;;/h3-16,18H,1-2H3;3-9,11-16H,1-2H3;1-9,11-13H;3*1-6,8-9H;;;;/q6*-1;;;;/i;16D;;;;;;;;. The third-order valence-corrected chi connectivity index (χ3v) is 21.0. The molecule has 0 atom stereocenters. The Labute approximate surface area is 758 Å². The fraction of sp³-hybridized carbons (Fsp3) is 0.0556. The number of hydrogen-bond acceptors (Lipinski definition) is 7. The summed E-state index contributed by atoms with van der Waals surface area (Å²) in [4.78, 5) is 26.3. The fourth-order valence-corrected chi connectivity index (χ4v) is 15.4. The molecule has 0 aliphatic heterocycles. The predicted octanol–water partition coefficient (Wildman–Crippen LogP) is 27.4. The first-order valence-corrected chi connectivity index (χ1v) is 39.1. The maximum Gasteiger partial charge on any atom is 0.123 e. The number of rotatable bonds is 9. The monoisotopic (exact) mass is 2270 g/mol. The molecule has 12 aromatic carbocycles. The van der Waals surface area contributed by atoms with Crippen molar-refractivity contribution in [2.24, 2.45) is 0 Å². The molecule has 596 valence electrons. The Morgan fingerprint density at radius 3 is 1.28 bits per heavy atom. The van der Waals surface area contributed by atoms with Crippen LogP contribution in [0.2, 0.25) is 0 Å². The van der Waals surface area contributed by atoms with E-state index in [2.05, 4.69) is 236 Å². The molecule has 23 rings (SSSR count). The van der Waals surface area contributed by atoms with Crippen molar-refractivity contribution in [3.63, 3.8) is 0 Å². The fourth-order valence-electron chi connectivity index (χ4n) is 15.4. The largest absolute Gasteiger partial charge is 0.491 e. The Bertz CT molecular complexity index is 7020. The van der Waals surface area contributed by atoms with Crippen molar-refractivity contribution in [1.29, 1.82) is 0 Å². The van der Waals surface area contributed by atoms with Gasteiger partial charge in [-0.25, -0.2) is 0 Å². The van der Waals surface area contributed by atoms with E-state index in [-0.39, 0.29) is 80.4 Å². The number of pyridine rings is 6. The first-order chi connectivity index (χ1) is 58.1. The van der Waals surface area contributed by atoms with Gasteiger partial charge in [0.1, 0.15) is 5.58 Å². The van der Waals surface area contributed by atoms with Gasteiger partial charge in [-0.1, -0.05) is 237 Å². The van der Waals surface area contributed by atoms with E-state index >= 15 is 0 Å². The van der Waals surface area contributed by atoms with E-state index in [0.29, 0.717) is 5.92 Å². The molecule has 0 fully saturated rings. The van der Waals surface area contributed by atoms with Crippen LogP contribution in [0.5, 0.6) is 0 Å².